The van der Waals surface area contributed by atoms with E-state index in [1.807, 2.05) is 26.0 Å². The van der Waals surface area contributed by atoms with Crippen molar-refractivity contribution in [3.05, 3.63) is 42.1 Å². The molecule has 3 amide bonds. The minimum absolute atomic E-state index is 0.254. The third-order valence-corrected chi connectivity index (χ3v) is 4.18. The fourth-order valence-corrected chi connectivity index (χ4v) is 2.81. The van der Waals surface area contributed by atoms with Gasteiger partial charge in [0.25, 0.3) is 5.91 Å². The second-order valence-corrected chi connectivity index (χ2v) is 6.05. The zero-order valence-electron chi connectivity index (χ0n) is 15.0. The van der Waals surface area contributed by atoms with Crippen molar-refractivity contribution >= 4 is 17.6 Å². The first-order chi connectivity index (χ1) is 12.5. The number of carbonyl (C=O) groups is 2. The SMILES string of the molecule is CCC[C@H]1NC(=O)N(c2ccc(Oc3ccc(C)c(OC)c3)nc2)C1=O. The highest BCUT2D eigenvalue weighted by molar-refractivity contribution is 6.21. The van der Waals surface area contributed by atoms with E-state index in [1.54, 1.807) is 25.3 Å². The zero-order chi connectivity index (χ0) is 18.7. The van der Waals surface area contributed by atoms with Gasteiger partial charge in [0.1, 0.15) is 17.5 Å². The van der Waals surface area contributed by atoms with E-state index in [4.69, 9.17) is 9.47 Å². The summed E-state index contributed by atoms with van der Waals surface area (Å²) < 4.78 is 11.0. The molecule has 0 spiro atoms. The van der Waals surface area contributed by atoms with Crippen molar-refractivity contribution < 1.29 is 19.1 Å². The van der Waals surface area contributed by atoms with Gasteiger partial charge in [-0.3, -0.25) is 4.79 Å². The summed E-state index contributed by atoms with van der Waals surface area (Å²) >= 11 is 0. The molecule has 7 nitrogen and oxygen atoms in total. The number of aromatic nitrogens is 1. The maximum absolute atomic E-state index is 12.4. The number of pyridine rings is 1. The van der Waals surface area contributed by atoms with E-state index in [1.165, 1.54) is 6.20 Å². The van der Waals surface area contributed by atoms with E-state index in [-0.39, 0.29) is 5.91 Å². The molecule has 0 radical (unpaired) electrons. The first kappa shape index (κ1) is 17.7. The second-order valence-electron chi connectivity index (χ2n) is 6.05. The number of imide groups is 1. The number of nitrogens with one attached hydrogen (secondary N) is 1. The van der Waals surface area contributed by atoms with E-state index in [0.717, 1.165) is 22.6 Å². The monoisotopic (exact) mass is 355 g/mol. The molecule has 136 valence electrons. The Morgan fingerprint density at radius 1 is 1.23 bits per heavy atom. The molecule has 1 atom stereocenters. The fraction of sp³-hybridized carbons (Fsp3) is 0.316. The summed E-state index contributed by atoms with van der Waals surface area (Å²) in [7, 11) is 1.60. The Kier molecular flexibility index (Phi) is 5.06. The van der Waals surface area contributed by atoms with E-state index in [2.05, 4.69) is 10.3 Å². The molecular weight excluding hydrogens is 334 g/mol. The summed E-state index contributed by atoms with van der Waals surface area (Å²) in [6.07, 6.45) is 2.88. The largest absolute Gasteiger partial charge is 0.496 e. The van der Waals surface area contributed by atoms with Gasteiger partial charge in [-0.1, -0.05) is 19.4 Å². The van der Waals surface area contributed by atoms with Crippen LogP contribution in [0.15, 0.2) is 36.5 Å². The van der Waals surface area contributed by atoms with Gasteiger partial charge in [0.05, 0.1) is 19.0 Å². The van der Waals surface area contributed by atoms with Gasteiger partial charge < -0.3 is 14.8 Å². The van der Waals surface area contributed by atoms with Crippen molar-refractivity contribution in [1.29, 1.82) is 0 Å². The molecule has 0 bridgehead atoms. The van der Waals surface area contributed by atoms with Crippen molar-refractivity contribution in [2.75, 3.05) is 12.0 Å². The van der Waals surface area contributed by atoms with Crippen molar-refractivity contribution in [3.8, 4) is 17.4 Å². The normalized spacial score (nSPS) is 16.6. The second kappa shape index (κ2) is 7.43. The standard InChI is InChI=1S/C19H21N3O4/c1-4-5-15-18(23)22(19(24)21-15)13-7-9-17(20-11-13)26-14-8-6-12(2)16(10-14)25-3/h6-11,15H,4-5H2,1-3H3,(H,21,24)/t15-/m1/s1. The number of hydrogen-bond acceptors (Lipinski definition) is 5. The molecule has 0 aliphatic carbocycles. The summed E-state index contributed by atoms with van der Waals surface area (Å²) in [5, 5.41) is 2.69. The molecule has 1 aliphatic heterocycles. The number of hydrogen-bond donors (Lipinski definition) is 1. The predicted molar refractivity (Wildman–Crippen MR) is 96.8 cm³/mol. The molecule has 0 unspecified atom stereocenters. The lowest BCUT2D eigenvalue weighted by Crippen LogP contribution is -2.31. The number of ether oxygens (including phenoxy) is 2. The lowest BCUT2D eigenvalue weighted by atomic mass is 10.1. The zero-order valence-corrected chi connectivity index (χ0v) is 15.0. The van der Waals surface area contributed by atoms with Crippen LogP contribution in [0.3, 0.4) is 0 Å². The molecule has 3 rings (SSSR count). The summed E-state index contributed by atoms with van der Waals surface area (Å²) in [6.45, 7) is 3.91. The van der Waals surface area contributed by atoms with Gasteiger partial charge in [-0.15, -0.1) is 0 Å². The average Bonchev–Trinajstić information content (AvgIpc) is 2.91. The van der Waals surface area contributed by atoms with Crippen molar-refractivity contribution in [2.24, 2.45) is 0 Å². The van der Waals surface area contributed by atoms with Crippen LogP contribution in [0.4, 0.5) is 10.5 Å². The van der Waals surface area contributed by atoms with Crippen LogP contribution in [0.1, 0.15) is 25.3 Å². The van der Waals surface area contributed by atoms with Gasteiger partial charge in [-0.25, -0.2) is 14.7 Å². The molecule has 1 N–H and O–H groups in total. The highest BCUT2D eigenvalue weighted by Gasteiger charge is 2.38. The third-order valence-electron chi connectivity index (χ3n) is 4.18. The number of anilines is 1. The lowest BCUT2D eigenvalue weighted by molar-refractivity contribution is -0.118. The Labute approximate surface area is 151 Å². The summed E-state index contributed by atoms with van der Waals surface area (Å²) in [5.41, 5.74) is 1.42. The van der Waals surface area contributed by atoms with Crippen LogP contribution in [-0.2, 0) is 4.79 Å². The van der Waals surface area contributed by atoms with Gasteiger partial charge in [0.15, 0.2) is 0 Å². The molecule has 1 aromatic heterocycles. The molecule has 2 aromatic rings. The Hall–Kier alpha value is -3.09. The van der Waals surface area contributed by atoms with Crippen LogP contribution in [0.25, 0.3) is 0 Å². The van der Waals surface area contributed by atoms with Crippen LogP contribution >= 0.6 is 0 Å². The molecule has 1 fully saturated rings. The molecule has 0 saturated carbocycles. The van der Waals surface area contributed by atoms with Crippen LogP contribution in [0.5, 0.6) is 17.4 Å². The number of benzene rings is 1. The smallest absolute Gasteiger partial charge is 0.329 e. The van der Waals surface area contributed by atoms with Crippen LogP contribution in [0.2, 0.25) is 0 Å². The van der Waals surface area contributed by atoms with Gasteiger partial charge in [-0.05, 0) is 31.0 Å². The highest BCUT2D eigenvalue weighted by Crippen LogP contribution is 2.28. The predicted octanol–water partition coefficient (Wildman–Crippen LogP) is 3.42. The topological polar surface area (TPSA) is 80.8 Å². The summed E-state index contributed by atoms with van der Waals surface area (Å²) in [5.74, 6) is 1.42. The number of methoxy groups -OCH3 is 1. The number of amides is 3. The minimum Gasteiger partial charge on any atom is -0.496 e. The highest BCUT2D eigenvalue weighted by atomic mass is 16.5. The Bertz CT molecular complexity index is 820. The molecule has 1 aromatic carbocycles. The molecule has 1 saturated heterocycles. The van der Waals surface area contributed by atoms with Gasteiger partial charge in [0, 0.05) is 12.1 Å². The molecule has 2 heterocycles. The van der Waals surface area contributed by atoms with Crippen LogP contribution in [-0.4, -0.2) is 30.1 Å². The maximum Gasteiger partial charge on any atom is 0.329 e. The lowest BCUT2D eigenvalue weighted by Gasteiger charge is -2.13. The van der Waals surface area contributed by atoms with E-state index in [0.29, 0.717) is 23.7 Å². The number of nitrogens with zero attached hydrogens (tertiary/aromatic N) is 2. The van der Waals surface area contributed by atoms with Crippen LogP contribution in [0, 0.1) is 6.92 Å². The van der Waals surface area contributed by atoms with Gasteiger partial charge in [-0.2, -0.15) is 0 Å². The minimum atomic E-state index is -0.469. The molecule has 1 aliphatic rings. The number of carbonyl (C=O) groups excluding carboxylic acids is 2. The van der Waals surface area contributed by atoms with Gasteiger partial charge in [0.2, 0.25) is 5.88 Å². The van der Waals surface area contributed by atoms with E-state index >= 15 is 0 Å². The fourth-order valence-electron chi connectivity index (χ4n) is 2.81. The average molecular weight is 355 g/mol. The number of rotatable bonds is 6. The Morgan fingerprint density at radius 3 is 2.69 bits per heavy atom. The summed E-state index contributed by atoms with van der Waals surface area (Å²) in [6, 6.07) is 7.85. The Morgan fingerprint density at radius 2 is 2.04 bits per heavy atom. The molecule has 26 heavy (non-hydrogen) atoms. The molecular formula is C19H21N3O4. The number of aryl methyl sites for hydroxylation is 1. The maximum atomic E-state index is 12.4. The quantitative estimate of drug-likeness (QED) is 0.803. The van der Waals surface area contributed by atoms with Gasteiger partial charge >= 0.3 is 6.03 Å². The van der Waals surface area contributed by atoms with Crippen LogP contribution < -0.4 is 19.7 Å². The van der Waals surface area contributed by atoms with E-state index in [9.17, 15) is 9.59 Å². The number of urea groups is 1. The molecule has 7 heteroatoms. The first-order valence-corrected chi connectivity index (χ1v) is 8.46. The van der Waals surface area contributed by atoms with Crippen molar-refractivity contribution in [1.82, 2.24) is 10.3 Å². The van der Waals surface area contributed by atoms with Crippen molar-refractivity contribution in [2.45, 2.75) is 32.7 Å². The van der Waals surface area contributed by atoms with E-state index < -0.39 is 12.1 Å². The summed E-state index contributed by atoms with van der Waals surface area (Å²) in [4.78, 5) is 29.7. The first-order valence-electron chi connectivity index (χ1n) is 8.46. The third kappa shape index (κ3) is 3.46. The van der Waals surface area contributed by atoms with Crippen molar-refractivity contribution in [3.63, 3.8) is 0 Å². The Balaban J connectivity index is 1.75.